The summed E-state index contributed by atoms with van der Waals surface area (Å²) in [7, 11) is 0. The number of rotatable bonds is 1. The van der Waals surface area contributed by atoms with Gasteiger partial charge in [0.1, 0.15) is 11.9 Å². The van der Waals surface area contributed by atoms with Crippen molar-refractivity contribution in [3.05, 3.63) is 29.3 Å². The van der Waals surface area contributed by atoms with Crippen molar-refractivity contribution < 1.29 is 5.14 Å². The van der Waals surface area contributed by atoms with Gasteiger partial charge in [-0.3, -0.25) is 5.14 Å². The molecular formula is C9H13N2S2+. The van der Waals surface area contributed by atoms with Gasteiger partial charge in [-0.05, 0) is 49.3 Å². The fraction of sp³-hybridized carbons (Fsp3) is 0.222. The minimum absolute atomic E-state index is 0.697. The van der Waals surface area contributed by atoms with Gasteiger partial charge in [-0.15, -0.1) is 0 Å². The zero-order valence-corrected chi connectivity index (χ0v) is 9.39. The van der Waals surface area contributed by atoms with Gasteiger partial charge in [0.05, 0.1) is 0 Å². The molecule has 0 aliphatic rings. The highest BCUT2D eigenvalue weighted by molar-refractivity contribution is 8.18. The smallest absolute Gasteiger partial charge is 0.197 e. The van der Waals surface area contributed by atoms with E-state index in [9.17, 15) is 0 Å². The molecule has 0 radical (unpaired) electrons. The third-order valence-corrected chi connectivity index (χ3v) is 2.70. The summed E-state index contributed by atoms with van der Waals surface area (Å²) >= 11 is 6.30. The summed E-state index contributed by atoms with van der Waals surface area (Å²) in [6.07, 6.45) is 0. The Morgan fingerprint density at radius 2 is 2.08 bits per heavy atom. The van der Waals surface area contributed by atoms with Crippen molar-refractivity contribution >= 4 is 34.2 Å². The Kier molecular flexibility index (Phi) is 3.71. The Bertz CT molecular complexity index is 323. The molecule has 0 saturated carbocycles. The van der Waals surface area contributed by atoms with Crippen LogP contribution in [-0.2, 0) is 0 Å². The Balaban J connectivity index is 2.79. The predicted octanol–water partition coefficient (Wildman–Crippen LogP) is 1.89. The third-order valence-electron chi connectivity index (χ3n) is 1.88. The lowest BCUT2D eigenvalue weighted by Crippen LogP contribution is -2.39. The normalized spacial score (nSPS) is 9.77. The lowest BCUT2D eigenvalue weighted by Gasteiger charge is -2.05. The summed E-state index contributed by atoms with van der Waals surface area (Å²) in [5.41, 5.74) is 3.59. The molecule has 2 nitrogen and oxygen atoms in total. The number of aryl methyl sites for hydroxylation is 2. The molecule has 0 spiro atoms. The van der Waals surface area contributed by atoms with Crippen LogP contribution in [0.5, 0.6) is 0 Å². The largest absolute Gasteiger partial charge is 0.337 e. The summed E-state index contributed by atoms with van der Waals surface area (Å²) in [5.74, 6) is 0. The average molecular weight is 213 g/mol. The second-order valence-electron chi connectivity index (χ2n) is 2.86. The van der Waals surface area contributed by atoms with Crippen LogP contribution in [-0.4, -0.2) is 4.32 Å². The second kappa shape index (κ2) is 4.60. The number of quaternary nitrogens is 1. The van der Waals surface area contributed by atoms with Crippen molar-refractivity contribution in [2.75, 3.05) is 5.32 Å². The van der Waals surface area contributed by atoms with Crippen molar-refractivity contribution in [1.82, 2.24) is 0 Å². The molecule has 0 aliphatic carbocycles. The molecule has 70 valence electrons. The van der Waals surface area contributed by atoms with Crippen molar-refractivity contribution in [3.63, 3.8) is 0 Å². The summed E-state index contributed by atoms with van der Waals surface area (Å²) < 4.78 is 0.697. The van der Waals surface area contributed by atoms with Gasteiger partial charge in [-0.2, -0.15) is 0 Å². The van der Waals surface area contributed by atoms with Gasteiger partial charge < -0.3 is 5.32 Å². The first-order chi connectivity index (χ1) is 6.13. The van der Waals surface area contributed by atoms with E-state index in [1.54, 1.807) is 0 Å². The monoisotopic (exact) mass is 213 g/mol. The van der Waals surface area contributed by atoms with E-state index in [0.29, 0.717) is 4.32 Å². The molecule has 0 unspecified atom stereocenters. The lowest BCUT2D eigenvalue weighted by molar-refractivity contribution is -0.133. The van der Waals surface area contributed by atoms with Gasteiger partial charge in [-0.25, -0.2) is 0 Å². The number of nitrogens with one attached hydrogen (secondary N) is 1. The van der Waals surface area contributed by atoms with Gasteiger partial charge in [0, 0.05) is 5.69 Å². The summed E-state index contributed by atoms with van der Waals surface area (Å²) in [4.78, 5) is 0. The van der Waals surface area contributed by atoms with Crippen LogP contribution in [0.15, 0.2) is 18.2 Å². The van der Waals surface area contributed by atoms with Crippen LogP contribution < -0.4 is 10.5 Å². The zero-order chi connectivity index (χ0) is 9.84. The van der Waals surface area contributed by atoms with Crippen LogP contribution in [0.4, 0.5) is 5.69 Å². The highest BCUT2D eigenvalue weighted by atomic mass is 32.2. The first-order valence-electron chi connectivity index (χ1n) is 3.93. The van der Waals surface area contributed by atoms with Crippen molar-refractivity contribution in [2.45, 2.75) is 13.8 Å². The standard InChI is InChI=1S/C9H12N2S2/c1-6-3-4-8(5-7(6)2)11-9(12)13-10/h3-5H,10H2,1-2H3,(H,11,12)/p+1. The molecule has 0 fully saturated rings. The summed E-state index contributed by atoms with van der Waals surface area (Å²) in [6.45, 7) is 4.18. The van der Waals surface area contributed by atoms with E-state index in [4.69, 9.17) is 12.2 Å². The van der Waals surface area contributed by atoms with Crippen LogP contribution in [0.1, 0.15) is 11.1 Å². The van der Waals surface area contributed by atoms with Crippen molar-refractivity contribution in [2.24, 2.45) is 0 Å². The first-order valence-corrected chi connectivity index (χ1v) is 5.33. The predicted molar refractivity (Wildman–Crippen MR) is 62.6 cm³/mol. The quantitative estimate of drug-likeness (QED) is 0.553. The molecule has 0 heterocycles. The SMILES string of the molecule is Cc1ccc(NC(=S)S[NH3+])cc1C. The summed E-state index contributed by atoms with van der Waals surface area (Å²) in [6, 6.07) is 6.18. The molecule has 13 heavy (non-hydrogen) atoms. The first kappa shape index (κ1) is 10.5. The molecule has 0 bridgehead atoms. The highest BCUT2D eigenvalue weighted by Gasteiger charge is 1.99. The van der Waals surface area contributed by atoms with Crippen LogP contribution >= 0.6 is 24.2 Å². The molecule has 0 aromatic heterocycles. The Morgan fingerprint density at radius 3 is 2.62 bits per heavy atom. The van der Waals surface area contributed by atoms with E-state index in [0.717, 1.165) is 5.69 Å². The van der Waals surface area contributed by atoms with Crippen LogP contribution in [0, 0.1) is 13.8 Å². The number of thiocarbonyl (C=S) groups is 1. The maximum Gasteiger partial charge on any atom is 0.197 e. The molecule has 0 aliphatic heterocycles. The van der Waals surface area contributed by atoms with E-state index in [2.05, 4.69) is 36.4 Å². The van der Waals surface area contributed by atoms with Gasteiger partial charge in [-0.1, -0.05) is 6.07 Å². The Labute approximate surface area is 88.0 Å². The summed E-state index contributed by atoms with van der Waals surface area (Å²) in [5, 5.41) is 6.73. The fourth-order valence-corrected chi connectivity index (χ4v) is 1.28. The van der Waals surface area contributed by atoms with Crippen LogP contribution in [0.25, 0.3) is 0 Å². The molecule has 0 saturated heterocycles. The van der Waals surface area contributed by atoms with Gasteiger partial charge in [0.2, 0.25) is 0 Å². The highest BCUT2D eigenvalue weighted by Crippen LogP contribution is 2.14. The second-order valence-corrected chi connectivity index (χ2v) is 4.22. The third kappa shape index (κ3) is 2.99. The maximum atomic E-state index is 5.00. The zero-order valence-electron chi connectivity index (χ0n) is 7.76. The molecule has 0 amide bonds. The number of hydrogen-bond donors (Lipinski definition) is 2. The average Bonchev–Trinajstić information content (AvgIpc) is 2.11. The Hall–Kier alpha value is -0.580. The molecule has 1 aromatic carbocycles. The number of benzene rings is 1. The molecule has 4 N–H and O–H groups in total. The molecular weight excluding hydrogens is 200 g/mol. The molecule has 4 heteroatoms. The van der Waals surface area contributed by atoms with E-state index >= 15 is 0 Å². The minimum Gasteiger partial charge on any atom is -0.337 e. The molecule has 1 rings (SSSR count). The lowest BCUT2D eigenvalue weighted by atomic mass is 10.1. The van der Waals surface area contributed by atoms with E-state index in [-0.39, 0.29) is 0 Å². The van der Waals surface area contributed by atoms with E-state index < -0.39 is 0 Å². The fourth-order valence-electron chi connectivity index (χ4n) is 0.973. The minimum atomic E-state index is 0.697. The van der Waals surface area contributed by atoms with Crippen LogP contribution in [0.2, 0.25) is 0 Å². The van der Waals surface area contributed by atoms with Gasteiger partial charge in [0.25, 0.3) is 0 Å². The van der Waals surface area contributed by atoms with Crippen molar-refractivity contribution in [3.8, 4) is 0 Å². The topological polar surface area (TPSA) is 39.7 Å². The van der Waals surface area contributed by atoms with E-state index in [1.165, 1.54) is 23.1 Å². The van der Waals surface area contributed by atoms with Gasteiger partial charge in [0.15, 0.2) is 4.32 Å². The Morgan fingerprint density at radius 1 is 1.38 bits per heavy atom. The maximum absolute atomic E-state index is 5.00. The molecule has 0 atom stereocenters. The van der Waals surface area contributed by atoms with Crippen LogP contribution in [0.3, 0.4) is 0 Å². The number of anilines is 1. The van der Waals surface area contributed by atoms with Gasteiger partial charge >= 0.3 is 0 Å². The van der Waals surface area contributed by atoms with Crippen molar-refractivity contribution in [1.29, 1.82) is 0 Å². The molecule has 1 aromatic rings. The number of hydrogen-bond acceptors (Lipinski definition) is 2. The van der Waals surface area contributed by atoms with E-state index in [1.807, 2.05) is 6.07 Å².